The van der Waals surface area contributed by atoms with E-state index in [0.29, 0.717) is 38.0 Å². The molecule has 2 unspecified atom stereocenters. The number of benzene rings is 2. The highest BCUT2D eigenvalue weighted by molar-refractivity contribution is 6.08. The molecular weight excluding hydrogens is 488 g/mol. The van der Waals surface area contributed by atoms with Crippen molar-refractivity contribution in [3.8, 4) is 0 Å². The Morgan fingerprint density at radius 1 is 1.03 bits per heavy atom. The molecule has 5 rings (SSSR count). The average molecular weight is 521 g/mol. The van der Waals surface area contributed by atoms with Crippen LogP contribution >= 0.6 is 0 Å². The number of ether oxygens (including phenoxy) is 1. The van der Waals surface area contributed by atoms with Gasteiger partial charge in [-0.25, -0.2) is 0 Å². The Bertz CT molecular complexity index is 1270. The molecule has 3 heterocycles. The highest BCUT2D eigenvalue weighted by atomic mass is 16.6. The van der Waals surface area contributed by atoms with Crippen molar-refractivity contribution in [2.45, 2.75) is 56.6 Å². The number of aliphatic hydroxyl groups excluding tert-OH is 1. The largest absolute Gasteiger partial charge is 0.434 e. The molecule has 5 atom stereocenters. The van der Waals surface area contributed by atoms with E-state index in [1.165, 1.54) is 0 Å². The Labute approximate surface area is 220 Å². The first-order valence-corrected chi connectivity index (χ1v) is 13.0. The minimum absolute atomic E-state index is 0.138. The van der Waals surface area contributed by atoms with Crippen molar-refractivity contribution in [1.29, 1.82) is 0 Å². The van der Waals surface area contributed by atoms with Crippen molar-refractivity contribution in [1.82, 2.24) is 20.4 Å². The number of cyclic esters (lactones) is 1. The van der Waals surface area contributed by atoms with E-state index in [0.717, 1.165) is 10.8 Å². The lowest BCUT2D eigenvalue weighted by Crippen LogP contribution is -2.68. The molecule has 0 radical (unpaired) electrons. The summed E-state index contributed by atoms with van der Waals surface area (Å²) in [5, 5.41) is 17.3. The second-order valence-electron chi connectivity index (χ2n) is 9.96. The Balaban J connectivity index is 1.40. The second kappa shape index (κ2) is 10.9. The predicted octanol–water partition coefficient (Wildman–Crippen LogP) is 0.940. The van der Waals surface area contributed by atoms with Gasteiger partial charge < -0.3 is 25.4 Å². The first-order valence-electron chi connectivity index (χ1n) is 13.0. The number of aliphatic hydroxyl groups is 1. The number of carbonyl (C=O) groups excluding carboxylic acids is 4. The number of nitrogens with zero attached hydrogens (tertiary/aromatic N) is 2. The van der Waals surface area contributed by atoms with Gasteiger partial charge in [-0.3, -0.25) is 24.1 Å². The van der Waals surface area contributed by atoms with E-state index >= 15 is 0 Å². The molecule has 2 fully saturated rings. The number of fused-ring (bicyclic) bond motifs is 2. The van der Waals surface area contributed by atoms with Crippen LogP contribution in [-0.2, 0) is 19.1 Å². The lowest BCUT2D eigenvalue weighted by molar-refractivity contribution is -0.156. The molecule has 2 aromatic carbocycles. The third-order valence-electron chi connectivity index (χ3n) is 7.53. The molecule has 2 saturated heterocycles. The molecular formula is C28H32N4O6. The Morgan fingerprint density at radius 3 is 2.55 bits per heavy atom. The second-order valence-corrected chi connectivity index (χ2v) is 9.96. The molecule has 200 valence electrons. The summed E-state index contributed by atoms with van der Waals surface area (Å²) < 4.78 is 4.76. The van der Waals surface area contributed by atoms with Crippen LogP contribution in [0.4, 0.5) is 0 Å². The van der Waals surface area contributed by atoms with Gasteiger partial charge in [0.1, 0.15) is 18.1 Å². The summed E-state index contributed by atoms with van der Waals surface area (Å²) >= 11 is 0. The van der Waals surface area contributed by atoms with Gasteiger partial charge in [0.15, 0.2) is 0 Å². The van der Waals surface area contributed by atoms with Crippen molar-refractivity contribution >= 4 is 34.5 Å². The Morgan fingerprint density at radius 2 is 1.79 bits per heavy atom. The summed E-state index contributed by atoms with van der Waals surface area (Å²) in [6, 6.07) is 10.2. The topological polar surface area (TPSA) is 128 Å². The van der Waals surface area contributed by atoms with Gasteiger partial charge in [-0.1, -0.05) is 55.5 Å². The molecule has 3 aliphatic rings. The number of carbonyl (C=O) groups is 4. The number of esters is 1. The van der Waals surface area contributed by atoms with Crippen LogP contribution in [0.1, 0.15) is 36.5 Å². The van der Waals surface area contributed by atoms with Crippen LogP contribution in [0.2, 0.25) is 0 Å². The highest BCUT2D eigenvalue weighted by Crippen LogP contribution is 2.25. The average Bonchev–Trinajstić information content (AvgIpc) is 3.23. The molecule has 0 aliphatic carbocycles. The summed E-state index contributed by atoms with van der Waals surface area (Å²) in [4.78, 5) is 56.1. The van der Waals surface area contributed by atoms with Gasteiger partial charge in [0.2, 0.25) is 18.1 Å². The minimum Gasteiger partial charge on any atom is -0.434 e. The fraction of sp³-hybridized carbons (Fsp3) is 0.429. The first-order chi connectivity index (χ1) is 18.4. The maximum Gasteiger partial charge on any atom is 0.310 e. The fourth-order valence-corrected chi connectivity index (χ4v) is 5.53. The lowest BCUT2D eigenvalue weighted by Gasteiger charge is -2.47. The lowest BCUT2D eigenvalue weighted by atomic mass is 9.96. The molecule has 0 saturated carbocycles. The summed E-state index contributed by atoms with van der Waals surface area (Å²) in [6.45, 7) is 3.58. The Kier molecular flexibility index (Phi) is 7.44. The predicted molar refractivity (Wildman–Crippen MR) is 139 cm³/mol. The maximum atomic E-state index is 14.0. The van der Waals surface area contributed by atoms with Crippen molar-refractivity contribution in [2.24, 2.45) is 0 Å². The third-order valence-corrected chi connectivity index (χ3v) is 7.53. The van der Waals surface area contributed by atoms with Crippen molar-refractivity contribution in [3.63, 3.8) is 0 Å². The first kappa shape index (κ1) is 25.9. The molecule has 3 amide bonds. The molecule has 3 aliphatic heterocycles. The number of hydrogen-bond donors (Lipinski definition) is 3. The number of piperazine rings is 1. The SMILES string of the molecule is CCN1C[C@@H]2C/C=C\C[C@H](NC(=O)c3cccc4ccccc34)C(=O)N2[C@H](C(=O)NC2CC(=O)OC2O)C1. The van der Waals surface area contributed by atoms with Gasteiger partial charge in [-0.05, 0) is 36.2 Å². The van der Waals surface area contributed by atoms with Gasteiger partial charge in [-0.2, -0.15) is 0 Å². The van der Waals surface area contributed by atoms with Gasteiger partial charge in [0, 0.05) is 24.7 Å². The molecule has 2 aromatic rings. The quantitative estimate of drug-likeness (QED) is 0.395. The van der Waals surface area contributed by atoms with Crippen LogP contribution in [-0.4, -0.2) is 88.7 Å². The van der Waals surface area contributed by atoms with Crippen LogP contribution in [0.15, 0.2) is 54.6 Å². The van der Waals surface area contributed by atoms with Crippen molar-refractivity contribution in [3.05, 3.63) is 60.2 Å². The molecule has 0 aromatic heterocycles. The van der Waals surface area contributed by atoms with Crippen LogP contribution in [0.5, 0.6) is 0 Å². The van der Waals surface area contributed by atoms with E-state index in [1.54, 1.807) is 11.0 Å². The van der Waals surface area contributed by atoms with Gasteiger partial charge in [0.25, 0.3) is 5.91 Å². The van der Waals surface area contributed by atoms with Crippen LogP contribution in [0, 0.1) is 0 Å². The van der Waals surface area contributed by atoms with Crippen molar-refractivity contribution in [2.75, 3.05) is 19.6 Å². The number of amides is 3. The normalized spacial score (nSPS) is 28.7. The number of likely N-dealkylation sites (N-methyl/N-ethyl adjacent to an activating group) is 1. The molecule has 10 nitrogen and oxygen atoms in total. The highest BCUT2D eigenvalue weighted by Gasteiger charge is 2.45. The maximum absolute atomic E-state index is 14.0. The number of hydrogen-bond acceptors (Lipinski definition) is 7. The van der Waals surface area contributed by atoms with Crippen LogP contribution in [0.3, 0.4) is 0 Å². The molecule has 10 heteroatoms. The van der Waals surface area contributed by atoms with Gasteiger partial charge >= 0.3 is 5.97 Å². The smallest absolute Gasteiger partial charge is 0.310 e. The summed E-state index contributed by atoms with van der Waals surface area (Å²) in [6.07, 6.45) is 3.20. The van der Waals surface area contributed by atoms with E-state index < -0.39 is 36.3 Å². The monoisotopic (exact) mass is 520 g/mol. The van der Waals surface area contributed by atoms with E-state index in [9.17, 15) is 24.3 Å². The van der Waals surface area contributed by atoms with E-state index in [1.807, 2.05) is 55.5 Å². The molecule has 3 N–H and O–H groups in total. The van der Waals surface area contributed by atoms with E-state index in [2.05, 4.69) is 15.5 Å². The van der Waals surface area contributed by atoms with Gasteiger partial charge in [-0.15, -0.1) is 0 Å². The summed E-state index contributed by atoms with van der Waals surface area (Å²) in [5.41, 5.74) is 0.475. The molecule has 0 bridgehead atoms. The van der Waals surface area contributed by atoms with E-state index in [4.69, 9.17) is 4.74 Å². The number of nitrogens with one attached hydrogen (secondary N) is 2. The third kappa shape index (κ3) is 5.14. The standard InChI is InChI=1S/C28H32N4O6/c1-2-31-15-18-10-4-6-13-21(29-25(34)20-12-7-9-17-8-3-5-11-19(17)20)27(36)32(18)23(16-31)26(35)30-22-14-24(33)38-28(22)37/h3-9,11-12,18,21-23,28,37H,2,10,13-16H2,1H3,(H,29,34)(H,30,35)/b6-4-/t18-,21-,22?,23-,28?/m0/s1. The van der Waals surface area contributed by atoms with E-state index in [-0.39, 0.29) is 24.3 Å². The van der Waals surface area contributed by atoms with Gasteiger partial charge in [0.05, 0.1) is 6.42 Å². The summed E-state index contributed by atoms with van der Waals surface area (Å²) in [7, 11) is 0. The fourth-order valence-electron chi connectivity index (χ4n) is 5.53. The minimum atomic E-state index is -1.42. The number of rotatable bonds is 5. The molecule has 0 spiro atoms. The zero-order valence-electron chi connectivity index (χ0n) is 21.2. The van der Waals surface area contributed by atoms with Crippen molar-refractivity contribution < 1.29 is 29.0 Å². The molecule has 38 heavy (non-hydrogen) atoms. The zero-order valence-corrected chi connectivity index (χ0v) is 21.2. The summed E-state index contributed by atoms with van der Waals surface area (Å²) in [5.74, 6) is -1.75. The van der Waals surface area contributed by atoms with Crippen LogP contribution < -0.4 is 10.6 Å². The van der Waals surface area contributed by atoms with Crippen LogP contribution in [0.25, 0.3) is 10.8 Å². The zero-order chi connectivity index (χ0) is 26.8. The Hall–Kier alpha value is -3.76.